The van der Waals surface area contributed by atoms with Gasteiger partial charge in [-0.25, -0.2) is 0 Å². The molecule has 21 heavy (non-hydrogen) atoms. The summed E-state index contributed by atoms with van der Waals surface area (Å²) in [7, 11) is 0. The van der Waals surface area contributed by atoms with Crippen LogP contribution in [0.1, 0.15) is 11.1 Å². The van der Waals surface area contributed by atoms with E-state index in [0.717, 1.165) is 16.3 Å². The van der Waals surface area contributed by atoms with Crippen molar-refractivity contribution in [3.63, 3.8) is 0 Å². The first-order chi connectivity index (χ1) is 10.2. The maximum atomic E-state index is 10.1. The van der Waals surface area contributed by atoms with Gasteiger partial charge in [0.2, 0.25) is 0 Å². The van der Waals surface area contributed by atoms with Crippen LogP contribution in [-0.2, 0) is 0 Å². The van der Waals surface area contributed by atoms with Crippen molar-refractivity contribution in [1.29, 1.82) is 5.26 Å². The van der Waals surface area contributed by atoms with Gasteiger partial charge in [-0.05, 0) is 53.6 Å². The lowest BCUT2D eigenvalue weighted by Gasteiger charge is -2.10. The molecular weight excluding hydrogens is 262 g/mol. The first-order valence-corrected chi connectivity index (χ1v) is 6.58. The quantitative estimate of drug-likeness (QED) is 0.748. The van der Waals surface area contributed by atoms with Crippen molar-refractivity contribution in [2.75, 3.05) is 0 Å². The number of ether oxygens (including phenoxy) is 1. The molecule has 0 spiro atoms. The molecule has 0 aliphatic rings. The predicted octanol–water partition coefficient (Wildman–Crippen LogP) is 4.52. The maximum absolute atomic E-state index is 10.1. The zero-order valence-electron chi connectivity index (χ0n) is 11.5. The Morgan fingerprint density at radius 1 is 1.00 bits per heavy atom. The number of rotatable bonds is 2. The van der Waals surface area contributed by atoms with E-state index < -0.39 is 0 Å². The van der Waals surface area contributed by atoms with Gasteiger partial charge < -0.3 is 9.84 Å². The highest BCUT2D eigenvalue weighted by molar-refractivity contribution is 5.86. The van der Waals surface area contributed by atoms with Gasteiger partial charge in [0.15, 0.2) is 11.5 Å². The van der Waals surface area contributed by atoms with Gasteiger partial charge >= 0.3 is 0 Å². The summed E-state index contributed by atoms with van der Waals surface area (Å²) in [6.07, 6.45) is 0. The van der Waals surface area contributed by atoms with Gasteiger partial charge in [-0.3, -0.25) is 0 Å². The lowest BCUT2D eigenvalue weighted by atomic mass is 10.1. The molecule has 0 fully saturated rings. The van der Waals surface area contributed by atoms with Gasteiger partial charge in [0, 0.05) is 0 Å². The van der Waals surface area contributed by atoms with Crippen molar-refractivity contribution < 1.29 is 9.84 Å². The van der Waals surface area contributed by atoms with Gasteiger partial charge in [0.1, 0.15) is 5.75 Å². The summed E-state index contributed by atoms with van der Waals surface area (Å²) in [6.45, 7) is 1.85. The fraction of sp³-hybridized carbons (Fsp3) is 0.0556. The zero-order valence-corrected chi connectivity index (χ0v) is 11.5. The molecule has 3 heteroatoms. The van der Waals surface area contributed by atoms with Crippen molar-refractivity contribution >= 4 is 10.8 Å². The number of nitriles is 1. The van der Waals surface area contributed by atoms with Crippen LogP contribution in [0.3, 0.4) is 0 Å². The van der Waals surface area contributed by atoms with Crippen molar-refractivity contribution in [2.24, 2.45) is 0 Å². The van der Waals surface area contributed by atoms with E-state index in [0.29, 0.717) is 17.1 Å². The van der Waals surface area contributed by atoms with Crippen LogP contribution in [-0.4, -0.2) is 5.11 Å². The van der Waals surface area contributed by atoms with Gasteiger partial charge in [-0.15, -0.1) is 0 Å². The molecule has 3 aromatic carbocycles. The third kappa shape index (κ3) is 2.52. The maximum Gasteiger partial charge on any atom is 0.169 e. The Labute approximate surface area is 122 Å². The van der Waals surface area contributed by atoms with Gasteiger partial charge in [-0.1, -0.05) is 24.3 Å². The fourth-order valence-electron chi connectivity index (χ4n) is 2.24. The highest BCUT2D eigenvalue weighted by Crippen LogP contribution is 2.35. The topological polar surface area (TPSA) is 53.2 Å². The zero-order chi connectivity index (χ0) is 14.8. The van der Waals surface area contributed by atoms with Crippen molar-refractivity contribution in [1.82, 2.24) is 0 Å². The molecule has 0 atom stereocenters. The molecule has 0 radical (unpaired) electrons. The molecule has 0 aliphatic heterocycles. The average Bonchev–Trinajstić information content (AvgIpc) is 2.48. The van der Waals surface area contributed by atoms with Crippen LogP contribution in [0, 0.1) is 18.3 Å². The van der Waals surface area contributed by atoms with Gasteiger partial charge in [0.25, 0.3) is 0 Å². The van der Waals surface area contributed by atoms with E-state index in [9.17, 15) is 5.11 Å². The van der Waals surface area contributed by atoms with E-state index in [1.54, 1.807) is 30.3 Å². The second kappa shape index (κ2) is 5.18. The Hall–Kier alpha value is -2.99. The normalized spacial score (nSPS) is 10.3. The fourth-order valence-corrected chi connectivity index (χ4v) is 2.24. The second-order valence-electron chi connectivity index (χ2n) is 4.86. The molecule has 102 valence electrons. The summed E-state index contributed by atoms with van der Waals surface area (Å²) in [5.41, 5.74) is 1.46. The van der Waals surface area contributed by atoms with Crippen LogP contribution in [0.2, 0.25) is 0 Å². The van der Waals surface area contributed by atoms with Crippen LogP contribution in [0.25, 0.3) is 10.8 Å². The molecule has 3 nitrogen and oxygen atoms in total. The van der Waals surface area contributed by atoms with Crippen LogP contribution >= 0.6 is 0 Å². The second-order valence-corrected chi connectivity index (χ2v) is 4.86. The SMILES string of the molecule is Cc1cc(Oc2cc3ccccc3cc2O)ccc1C#N. The third-order valence-corrected chi connectivity index (χ3v) is 3.37. The first kappa shape index (κ1) is 13.0. The number of aryl methyl sites for hydroxylation is 1. The van der Waals surface area contributed by atoms with Crippen LogP contribution < -0.4 is 4.74 Å². The molecule has 0 unspecified atom stereocenters. The summed E-state index contributed by atoms with van der Waals surface area (Å²) in [5.74, 6) is 1.09. The number of phenolic OH excluding ortho intramolecular Hbond substituents is 1. The number of hydrogen-bond acceptors (Lipinski definition) is 3. The number of nitrogens with zero attached hydrogens (tertiary/aromatic N) is 1. The van der Waals surface area contributed by atoms with E-state index in [-0.39, 0.29) is 5.75 Å². The summed E-state index contributed by atoms with van der Waals surface area (Å²) < 4.78 is 5.74. The molecule has 0 heterocycles. The number of benzene rings is 3. The van der Waals surface area contributed by atoms with Gasteiger partial charge in [-0.2, -0.15) is 5.26 Å². The lowest BCUT2D eigenvalue weighted by Crippen LogP contribution is -1.88. The molecule has 0 amide bonds. The minimum atomic E-state index is 0.0933. The number of fused-ring (bicyclic) bond motifs is 1. The van der Waals surface area contributed by atoms with E-state index in [1.165, 1.54) is 0 Å². The molecule has 1 N–H and O–H groups in total. The largest absolute Gasteiger partial charge is 0.504 e. The Kier molecular flexibility index (Phi) is 3.21. The number of phenols is 1. The molecule has 0 aliphatic carbocycles. The summed E-state index contributed by atoms with van der Waals surface area (Å²) >= 11 is 0. The molecule has 3 aromatic rings. The first-order valence-electron chi connectivity index (χ1n) is 6.58. The highest BCUT2D eigenvalue weighted by atomic mass is 16.5. The number of hydrogen-bond donors (Lipinski definition) is 1. The Morgan fingerprint density at radius 2 is 1.71 bits per heavy atom. The predicted molar refractivity (Wildman–Crippen MR) is 81.6 cm³/mol. The van der Waals surface area contributed by atoms with E-state index in [1.807, 2.05) is 31.2 Å². The van der Waals surface area contributed by atoms with Crippen LogP contribution in [0.15, 0.2) is 54.6 Å². The Balaban J connectivity index is 2.00. The van der Waals surface area contributed by atoms with E-state index >= 15 is 0 Å². The lowest BCUT2D eigenvalue weighted by molar-refractivity contribution is 0.412. The van der Waals surface area contributed by atoms with Crippen LogP contribution in [0.4, 0.5) is 0 Å². The van der Waals surface area contributed by atoms with Crippen molar-refractivity contribution in [3.05, 3.63) is 65.7 Å². The van der Waals surface area contributed by atoms with Gasteiger partial charge in [0.05, 0.1) is 11.6 Å². The Bertz CT molecular complexity index is 863. The summed E-state index contributed by atoms with van der Waals surface area (Å²) in [5, 5.41) is 20.9. The standard InChI is InChI=1S/C18H13NO2/c1-12-8-16(7-6-15(12)11-19)21-18-10-14-5-3-2-4-13(14)9-17(18)20/h2-10,20H,1H3. The molecule has 3 rings (SSSR count). The highest BCUT2D eigenvalue weighted by Gasteiger charge is 2.07. The van der Waals surface area contributed by atoms with E-state index in [4.69, 9.17) is 10.00 Å². The van der Waals surface area contributed by atoms with Crippen molar-refractivity contribution in [2.45, 2.75) is 6.92 Å². The molecule has 0 bridgehead atoms. The monoisotopic (exact) mass is 275 g/mol. The molecule has 0 aromatic heterocycles. The third-order valence-electron chi connectivity index (χ3n) is 3.37. The molecule has 0 saturated carbocycles. The summed E-state index contributed by atoms with van der Waals surface area (Å²) in [4.78, 5) is 0. The molecule has 0 saturated heterocycles. The minimum Gasteiger partial charge on any atom is -0.504 e. The summed E-state index contributed by atoms with van der Waals surface area (Å²) in [6, 6.07) is 18.6. The molecular formula is C18H13NO2. The smallest absolute Gasteiger partial charge is 0.169 e. The Morgan fingerprint density at radius 3 is 2.38 bits per heavy atom. The van der Waals surface area contributed by atoms with Crippen molar-refractivity contribution in [3.8, 4) is 23.3 Å². The number of aromatic hydroxyl groups is 1. The minimum absolute atomic E-state index is 0.0933. The average molecular weight is 275 g/mol. The van der Waals surface area contributed by atoms with E-state index in [2.05, 4.69) is 6.07 Å². The van der Waals surface area contributed by atoms with Crippen LogP contribution in [0.5, 0.6) is 17.2 Å².